The molecule has 6 heteroatoms. The summed E-state index contributed by atoms with van der Waals surface area (Å²) in [6, 6.07) is 8.10. The van der Waals surface area contributed by atoms with Gasteiger partial charge in [0.25, 0.3) is 0 Å². The molecule has 3 rings (SSSR count). The lowest BCUT2D eigenvalue weighted by molar-refractivity contribution is 1.20. The van der Waals surface area contributed by atoms with Crippen molar-refractivity contribution in [3.63, 3.8) is 0 Å². The fraction of sp³-hybridized carbons (Fsp3) is 0.182. The number of nitrogens with zero attached hydrogens (tertiary/aromatic N) is 4. The van der Waals surface area contributed by atoms with E-state index in [1.165, 1.54) is 0 Å². The first-order chi connectivity index (χ1) is 13.4. The summed E-state index contributed by atoms with van der Waals surface area (Å²) in [5, 5.41) is 13.6. The van der Waals surface area contributed by atoms with Crippen LogP contribution < -0.4 is 5.32 Å². The van der Waals surface area contributed by atoms with E-state index in [0.717, 1.165) is 33.4 Å². The van der Waals surface area contributed by atoms with Crippen LogP contribution in [0.1, 0.15) is 25.1 Å². The maximum absolute atomic E-state index is 9.50. The molecule has 0 aliphatic rings. The van der Waals surface area contributed by atoms with Crippen molar-refractivity contribution in [2.24, 2.45) is 4.99 Å². The summed E-state index contributed by atoms with van der Waals surface area (Å²) in [6.45, 7) is 9.77. The van der Waals surface area contributed by atoms with Crippen molar-refractivity contribution in [2.75, 3.05) is 12.4 Å². The largest absolute Gasteiger partial charge is 0.345 e. The van der Waals surface area contributed by atoms with Gasteiger partial charge in [0.15, 0.2) is 0 Å². The zero-order chi connectivity index (χ0) is 20.3. The van der Waals surface area contributed by atoms with E-state index in [1.807, 2.05) is 45.0 Å². The highest BCUT2D eigenvalue weighted by molar-refractivity contribution is 6.08. The van der Waals surface area contributed by atoms with Crippen LogP contribution in [0.2, 0.25) is 0 Å². The summed E-state index contributed by atoms with van der Waals surface area (Å²) >= 11 is 0. The Hall–Kier alpha value is -3.72. The van der Waals surface area contributed by atoms with Crippen LogP contribution in [0.15, 0.2) is 59.4 Å². The van der Waals surface area contributed by atoms with Crippen molar-refractivity contribution >= 4 is 22.7 Å². The summed E-state index contributed by atoms with van der Waals surface area (Å²) in [6.07, 6.45) is 5.41. The minimum Gasteiger partial charge on any atom is -0.345 e. The summed E-state index contributed by atoms with van der Waals surface area (Å²) < 4.78 is 0. The van der Waals surface area contributed by atoms with Gasteiger partial charge in [0.2, 0.25) is 0 Å². The molecule has 0 unspecified atom stereocenters. The Kier molecular flexibility index (Phi) is 5.37. The molecule has 6 nitrogen and oxygen atoms in total. The van der Waals surface area contributed by atoms with Gasteiger partial charge < -0.3 is 10.3 Å². The van der Waals surface area contributed by atoms with Gasteiger partial charge in [-0.2, -0.15) is 5.26 Å². The summed E-state index contributed by atoms with van der Waals surface area (Å²) in [4.78, 5) is 16.3. The lowest BCUT2D eigenvalue weighted by Gasteiger charge is -2.12. The van der Waals surface area contributed by atoms with Crippen molar-refractivity contribution in [3.05, 3.63) is 65.7 Å². The van der Waals surface area contributed by atoms with Crippen molar-refractivity contribution in [2.45, 2.75) is 20.8 Å². The van der Waals surface area contributed by atoms with Crippen LogP contribution in [-0.4, -0.2) is 27.8 Å². The zero-order valence-corrected chi connectivity index (χ0v) is 16.5. The van der Waals surface area contributed by atoms with E-state index >= 15 is 0 Å². The average Bonchev–Trinajstić information content (AvgIpc) is 3.07. The third-order valence-corrected chi connectivity index (χ3v) is 4.28. The van der Waals surface area contributed by atoms with E-state index < -0.39 is 0 Å². The Balaban J connectivity index is 2.16. The Bertz CT molecular complexity index is 1160. The van der Waals surface area contributed by atoms with Crippen LogP contribution in [0.25, 0.3) is 22.2 Å². The molecular weight excluding hydrogens is 348 g/mol. The fourth-order valence-corrected chi connectivity index (χ4v) is 3.12. The second kappa shape index (κ2) is 7.89. The number of aromatic amines is 1. The number of nitrogens with one attached hydrogen (secondary N) is 2. The van der Waals surface area contributed by atoms with E-state index in [2.05, 4.69) is 37.9 Å². The number of hydrogen-bond donors (Lipinski definition) is 2. The van der Waals surface area contributed by atoms with Crippen LogP contribution in [0.5, 0.6) is 0 Å². The Morgan fingerprint density at radius 3 is 2.79 bits per heavy atom. The molecule has 0 saturated heterocycles. The monoisotopic (exact) mass is 370 g/mol. The van der Waals surface area contributed by atoms with Gasteiger partial charge in [-0.25, -0.2) is 4.98 Å². The standard InChI is InChI=1S/C22H22N6/c1-13(2)8-14(3)21(24-5)27-19-10-18(16-6-7-25-15(4)9-16)20-17(11-23)12-26-22(20)28-19/h6-10,12H,1H2,2-5H3,(H2,24,26,27,28). The molecule has 0 aliphatic heterocycles. The van der Waals surface area contributed by atoms with Crippen molar-refractivity contribution in [3.8, 4) is 17.2 Å². The molecule has 0 fully saturated rings. The first-order valence-electron chi connectivity index (χ1n) is 8.86. The van der Waals surface area contributed by atoms with Gasteiger partial charge in [0.05, 0.1) is 5.56 Å². The molecule has 0 aromatic carbocycles. The number of anilines is 1. The molecule has 3 aromatic heterocycles. The number of aliphatic imine (C=N–C) groups is 1. The Morgan fingerprint density at radius 1 is 1.36 bits per heavy atom. The number of nitriles is 1. The highest BCUT2D eigenvalue weighted by Crippen LogP contribution is 2.32. The van der Waals surface area contributed by atoms with Gasteiger partial charge in [0, 0.05) is 30.5 Å². The first-order valence-corrected chi connectivity index (χ1v) is 8.86. The van der Waals surface area contributed by atoms with Gasteiger partial charge >= 0.3 is 0 Å². The number of rotatable bonds is 4. The number of allylic oxidation sites excluding steroid dienone is 2. The van der Waals surface area contributed by atoms with E-state index in [0.29, 0.717) is 22.9 Å². The van der Waals surface area contributed by atoms with E-state index in [4.69, 9.17) is 0 Å². The zero-order valence-electron chi connectivity index (χ0n) is 16.5. The highest BCUT2D eigenvalue weighted by Gasteiger charge is 2.15. The SMILES string of the molecule is C=C(C)C=C(C)C(=NC)Nc1cc(-c2ccnc(C)c2)c2c(C#N)c[nH]c2n1. The lowest BCUT2D eigenvalue weighted by atomic mass is 10.0. The van der Waals surface area contributed by atoms with E-state index in [1.54, 1.807) is 19.4 Å². The van der Waals surface area contributed by atoms with Crippen LogP contribution in [0.4, 0.5) is 5.82 Å². The van der Waals surface area contributed by atoms with E-state index in [-0.39, 0.29) is 0 Å². The molecule has 0 aliphatic carbocycles. The number of amidine groups is 1. The fourth-order valence-electron chi connectivity index (χ4n) is 3.12. The van der Waals surface area contributed by atoms with Crippen LogP contribution >= 0.6 is 0 Å². The van der Waals surface area contributed by atoms with E-state index in [9.17, 15) is 5.26 Å². The number of aryl methyl sites for hydroxylation is 1. The van der Waals surface area contributed by atoms with Crippen molar-refractivity contribution in [1.29, 1.82) is 5.26 Å². The highest BCUT2D eigenvalue weighted by atomic mass is 15.1. The average molecular weight is 370 g/mol. The Morgan fingerprint density at radius 2 is 2.14 bits per heavy atom. The molecule has 3 aromatic rings. The topological polar surface area (TPSA) is 89.8 Å². The second-order valence-electron chi connectivity index (χ2n) is 6.65. The Labute approximate surface area is 164 Å². The number of pyridine rings is 2. The molecule has 0 bridgehead atoms. The van der Waals surface area contributed by atoms with Gasteiger partial charge in [-0.15, -0.1) is 0 Å². The van der Waals surface area contributed by atoms with Crippen LogP contribution in [-0.2, 0) is 0 Å². The normalized spacial score (nSPS) is 12.1. The first kappa shape index (κ1) is 19.1. The third-order valence-electron chi connectivity index (χ3n) is 4.28. The molecule has 2 N–H and O–H groups in total. The van der Waals surface area contributed by atoms with Crippen molar-refractivity contribution in [1.82, 2.24) is 15.0 Å². The molecule has 28 heavy (non-hydrogen) atoms. The summed E-state index contributed by atoms with van der Waals surface area (Å²) in [7, 11) is 1.73. The molecule has 3 heterocycles. The quantitative estimate of drug-likeness (QED) is 0.393. The summed E-state index contributed by atoms with van der Waals surface area (Å²) in [5.74, 6) is 1.34. The number of H-pyrrole nitrogens is 1. The van der Waals surface area contributed by atoms with Crippen LogP contribution in [0.3, 0.4) is 0 Å². The molecule has 0 radical (unpaired) electrons. The number of aromatic nitrogens is 3. The molecular formula is C22H22N6. The second-order valence-corrected chi connectivity index (χ2v) is 6.65. The minimum atomic E-state index is 0.557. The molecule has 0 atom stereocenters. The predicted octanol–water partition coefficient (Wildman–Crippen LogP) is 4.77. The number of fused-ring (bicyclic) bond motifs is 1. The minimum absolute atomic E-state index is 0.557. The molecule has 0 saturated carbocycles. The van der Waals surface area contributed by atoms with Gasteiger partial charge in [-0.1, -0.05) is 18.2 Å². The molecule has 140 valence electrons. The van der Waals surface area contributed by atoms with Crippen molar-refractivity contribution < 1.29 is 0 Å². The lowest BCUT2D eigenvalue weighted by Crippen LogP contribution is -2.14. The van der Waals surface area contributed by atoms with Crippen LogP contribution in [0, 0.1) is 18.3 Å². The van der Waals surface area contributed by atoms with Gasteiger partial charge in [-0.05, 0) is 55.7 Å². The maximum Gasteiger partial charge on any atom is 0.141 e. The maximum atomic E-state index is 9.50. The smallest absolute Gasteiger partial charge is 0.141 e. The van der Waals surface area contributed by atoms with Gasteiger partial charge in [-0.3, -0.25) is 9.98 Å². The van der Waals surface area contributed by atoms with Gasteiger partial charge in [0.1, 0.15) is 23.4 Å². The third kappa shape index (κ3) is 3.84. The predicted molar refractivity (Wildman–Crippen MR) is 114 cm³/mol. The summed E-state index contributed by atoms with van der Waals surface area (Å²) in [5.41, 5.74) is 5.89. The molecule has 0 amide bonds. The molecule has 0 spiro atoms. The number of hydrogen-bond acceptors (Lipinski definition) is 4.